The Labute approximate surface area is 153 Å². The first-order chi connectivity index (χ1) is 12.6. The molecule has 26 heavy (non-hydrogen) atoms. The van der Waals surface area contributed by atoms with Gasteiger partial charge in [-0.3, -0.25) is 4.79 Å². The largest absolute Gasteiger partial charge is 0.483 e. The first-order valence-electron chi connectivity index (χ1n) is 8.59. The lowest BCUT2D eigenvalue weighted by molar-refractivity contribution is -0.123. The minimum atomic E-state index is -0.168. The average molecular weight is 346 g/mol. The number of nitrogens with one attached hydrogen (secondary N) is 2. The highest BCUT2D eigenvalue weighted by Crippen LogP contribution is 2.27. The summed E-state index contributed by atoms with van der Waals surface area (Å²) in [6.07, 6.45) is 1.32. The smallest absolute Gasteiger partial charge is 0.258 e. The Kier molecular flexibility index (Phi) is 5.32. The van der Waals surface area contributed by atoms with Gasteiger partial charge in [-0.25, -0.2) is 0 Å². The van der Waals surface area contributed by atoms with Crippen molar-refractivity contribution in [2.24, 2.45) is 0 Å². The second kappa shape index (κ2) is 7.83. The first-order valence-corrected chi connectivity index (χ1v) is 8.59. The second-order valence-corrected chi connectivity index (χ2v) is 6.33. The van der Waals surface area contributed by atoms with E-state index < -0.39 is 0 Å². The van der Waals surface area contributed by atoms with Crippen LogP contribution >= 0.6 is 0 Å². The highest BCUT2D eigenvalue weighted by atomic mass is 16.5. The number of hydrogen-bond donors (Lipinski definition) is 2. The van der Waals surface area contributed by atoms with Gasteiger partial charge < -0.3 is 15.5 Å². The van der Waals surface area contributed by atoms with Crippen LogP contribution < -0.4 is 10.1 Å². The molecule has 0 fully saturated rings. The zero-order valence-corrected chi connectivity index (χ0v) is 15.0. The summed E-state index contributed by atoms with van der Waals surface area (Å²) in [6.45, 7) is 3.94. The van der Waals surface area contributed by atoms with Crippen LogP contribution in [0, 0.1) is 12.3 Å². The molecule has 0 aliphatic carbocycles. The molecule has 0 aliphatic rings. The predicted molar refractivity (Wildman–Crippen MR) is 105 cm³/mol. The lowest BCUT2D eigenvalue weighted by atomic mass is 10.0. The third kappa shape index (κ3) is 3.91. The molecule has 4 nitrogen and oxygen atoms in total. The minimum absolute atomic E-state index is 0.0515. The van der Waals surface area contributed by atoms with Crippen LogP contribution in [-0.4, -0.2) is 18.7 Å². The molecular weight excluding hydrogens is 324 g/mol. The van der Waals surface area contributed by atoms with Crippen molar-refractivity contribution < 1.29 is 9.53 Å². The zero-order chi connectivity index (χ0) is 18.5. The molecule has 0 aliphatic heterocycles. The number of ether oxygens (including phenoxy) is 1. The molecule has 0 aromatic heterocycles. The fourth-order valence-electron chi connectivity index (χ4n) is 2.91. The Hall–Kier alpha value is -3.14. The van der Waals surface area contributed by atoms with E-state index in [4.69, 9.17) is 10.1 Å². The SMILES string of the molecule is Cc1ccc([C@H](C)NC(=O)COc2ccc(C=N)c3ccccc23)cc1. The number of fused-ring (bicyclic) bond motifs is 1. The summed E-state index contributed by atoms with van der Waals surface area (Å²) < 4.78 is 5.75. The molecule has 1 amide bonds. The summed E-state index contributed by atoms with van der Waals surface area (Å²) in [7, 11) is 0. The van der Waals surface area contributed by atoms with Crippen molar-refractivity contribution in [2.75, 3.05) is 6.61 Å². The van der Waals surface area contributed by atoms with Crippen LogP contribution in [0.1, 0.15) is 29.7 Å². The molecule has 2 N–H and O–H groups in total. The van der Waals surface area contributed by atoms with Gasteiger partial charge >= 0.3 is 0 Å². The van der Waals surface area contributed by atoms with Gasteiger partial charge in [0.15, 0.2) is 6.61 Å². The Morgan fingerprint density at radius 2 is 1.77 bits per heavy atom. The molecule has 3 aromatic carbocycles. The van der Waals surface area contributed by atoms with Crippen molar-refractivity contribution in [3.63, 3.8) is 0 Å². The maximum Gasteiger partial charge on any atom is 0.258 e. The van der Waals surface area contributed by atoms with Gasteiger partial charge in [0.2, 0.25) is 0 Å². The van der Waals surface area contributed by atoms with E-state index in [-0.39, 0.29) is 18.6 Å². The van der Waals surface area contributed by atoms with Gasteiger partial charge in [-0.2, -0.15) is 0 Å². The lowest BCUT2D eigenvalue weighted by Crippen LogP contribution is -2.31. The van der Waals surface area contributed by atoms with E-state index in [1.54, 1.807) is 6.07 Å². The van der Waals surface area contributed by atoms with Crippen LogP contribution in [0.25, 0.3) is 10.8 Å². The van der Waals surface area contributed by atoms with E-state index in [0.29, 0.717) is 5.75 Å². The summed E-state index contributed by atoms with van der Waals surface area (Å²) in [5.74, 6) is 0.475. The fraction of sp³-hybridized carbons (Fsp3) is 0.182. The number of aryl methyl sites for hydroxylation is 1. The number of rotatable bonds is 6. The molecule has 0 heterocycles. The molecule has 3 rings (SSSR count). The molecule has 0 radical (unpaired) electrons. The van der Waals surface area contributed by atoms with Crippen LogP contribution in [0.4, 0.5) is 0 Å². The zero-order valence-electron chi connectivity index (χ0n) is 15.0. The third-order valence-electron chi connectivity index (χ3n) is 4.39. The molecule has 0 saturated carbocycles. The minimum Gasteiger partial charge on any atom is -0.483 e. The predicted octanol–water partition coefficient (Wildman–Crippen LogP) is 4.40. The summed E-state index contributed by atoms with van der Waals surface area (Å²) in [5.41, 5.74) is 3.07. The highest BCUT2D eigenvalue weighted by molar-refractivity contribution is 6.01. The summed E-state index contributed by atoms with van der Waals surface area (Å²) in [4.78, 5) is 12.3. The lowest BCUT2D eigenvalue weighted by Gasteiger charge is -2.16. The molecule has 1 atom stereocenters. The van der Waals surface area contributed by atoms with Crippen LogP contribution in [0.3, 0.4) is 0 Å². The van der Waals surface area contributed by atoms with Gasteiger partial charge in [0, 0.05) is 17.2 Å². The number of amides is 1. The van der Waals surface area contributed by atoms with E-state index in [2.05, 4.69) is 5.32 Å². The normalized spacial score (nSPS) is 11.8. The highest BCUT2D eigenvalue weighted by Gasteiger charge is 2.11. The van der Waals surface area contributed by atoms with Crippen molar-refractivity contribution >= 4 is 22.9 Å². The summed E-state index contributed by atoms with van der Waals surface area (Å²) in [5, 5.41) is 12.3. The van der Waals surface area contributed by atoms with Gasteiger partial charge in [-0.05, 0) is 36.9 Å². The van der Waals surface area contributed by atoms with Crippen LogP contribution in [0.15, 0.2) is 60.7 Å². The van der Waals surface area contributed by atoms with E-state index in [9.17, 15) is 4.79 Å². The van der Waals surface area contributed by atoms with Gasteiger partial charge in [0.25, 0.3) is 5.91 Å². The molecule has 0 bridgehead atoms. The molecule has 0 saturated heterocycles. The number of carbonyl (C=O) groups excluding carboxylic acids is 1. The van der Waals surface area contributed by atoms with E-state index in [0.717, 1.165) is 21.9 Å². The maximum absolute atomic E-state index is 12.3. The molecular formula is C22H22N2O2. The molecule has 4 heteroatoms. The standard InChI is InChI=1S/C22H22N2O2/c1-15-7-9-17(10-8-15)16(2)24-22(25)14-26-21-12-11-18(13-23)19-5-3-4-6-20(19)21/h3-13,16,23H,14H2,1-2H3,(H,24,25)/t16-/m0/s1. The van der Waals surface area contributed by atoms with Crippen molar-refractivity contribution in [1.82, 2.24) is 5.32 Å². The van der Waals surface area contributed by atoms with Gasteiger partial charge in [0.05, 0.1) is 6.04 Å². The van der Waals surface area contributed by atoms with Crippen LogP contribution in [0.2, 0.25) is 0 Å². The van der Waals surface area contributed by atoms with Crippen molar-refractivity contribution in [2.45, 2.75) is 19.9 Å². The quantitative estimate of drug-likeness (QED) is 0.650. The Balaban J connectivity index is 1.67. The summed E-state index contributed by atoms with van der Waals surface area (Å²) in [6, 6.07) is 19.4. The van der Waals surface area contributed by atoms with Crippen molar-refractivity contribution in [1.29, 1.82) is 5.41 Å². The maximum atomic E-state index is 12.3. The molecule has 3 aromatic rings. The topological polar surface area (TPSA) is 62.2 Å². The monoisotopic (exact) mass is 346 g/mol. The molecule has 0 spiro atoms. The van der Waals surface area contributed by atoms with E-state index in [1.165, 1.54) is 11.8 Å². The van der Waals surface area contributed by atoms with Gasteiger partial charge in [0.1, 0.15) is 5.75 Å². The number of benzene rings is 3. The van der Waals surface area contributed by atoms with E-state index in [1.807, 2.05) is 68.4 Å². The number of hydrogen-bond acceptors (Lipinski definition) is 3. The molecule has 0 unspecified atom stereocenters. The number of carbonyl (C=O) groups is 1. The van der Waals surface area contributed by atoms with Crippen LogP contribution in [0.5, 0.6) is 5.75 Å². The first kappa shape index (κ1) is 17.7. The van der Waals surface area contributed by atoms with E-state index >= 15 is 0 Å². The van der Waals surface area contributed by atoms with Crippen molar-refractivity contribution in [3.05, 3.63) is 77.4 Å². The van der Waals surface area contributed by atoms with Gasteiger partial charge in [-0.15, -0.1) is 0 Å². The Morgan fingerprint density at radius 3 is 2.46 bits per heavy atom. The van der Waals surface area contributed by atoms with Crippen molar-refractivity contribution in [3.8, 4) is 5.75 Å². The van der Waals surface area contributed by atoms with Gasteiger partial charge in [-0.1, -0.05) is 54.1 Å². The Morgan fingerprint density at radius 1 is 1.08 bits per heavy atom. The Bertz CT molecular complexity index is 933. The molecule has 132 valence electrons. The fourth-order valence-corrected chi connectivity index (χ4v) is 2.91. The summed E-state index contributed by atoms with van der Waals surface area (Å²) >= 11 is 0. The second-order valence-electron chi connectivity index (χ2n) is 6.33. The third-order valence-corrected chi connectivity index (χ3v) is 4.39. The average Bonchev–Trinajstić information content (AvgIpc) is 2.66. The van der Waals surface area contributed by atoms with Crippen LogP contribution in [-0.2, 0) is 4.79 Å².